The van der Waals surface area contributed by atoms with Crippen molar-refractivity contribution in [2.24, 2.45) is 11.8 Å². The molecule has 3 aliphatic rings. The molecule has 0 spiro atoms. The number of thiophene rings is 1. The number of aromatic carboxylic acids is 1. The highest BCUT2D eigenvalue weighted by Gasteiger charge is 2.38. The van der Waals surface area contributed by atoms with Gasteiger partial charge in [0.25, 0.3) is 0 Å². The highest BCUT2D eigenvalue weighted by Crippen LogP contribution is 2.44. The van der Waals surface area contributed by atoms with Crippen LogP contribution in [0.1, 0.15) is 55.1 Å². The lowest BCUT2D eigenvalue weighted by Gasteiger charge is -2.40. The number of fused-ring (bicyclic) bond motifs is 5. The number of hydrogen-bond donors (Lipinski definition) is 1. The third kappa shape index (κ3) is 5.92. The van der Waals surface area contributed by atoms with Gasteiger partial charge in [-0.25, -0.2) is 22.5 Å². The first-order chi connectivity index (χ1) is 21.6. The van der Waals surface area contributed by atoms with Gasteiger partial charge in [0, 0.05) is 29.9 Å². The molecule has 2 aliphatic heterocycles. The van der Waals surface area contributed by atoms with Gasteiger partial charge in [-0.15, -0.1) is 23.7 Å². The van der Waals surface area contributed by atoms with Crippen LogP contribution in [0.15, 0.2) is 48.5 Å². The lowest BCUT2D eigenvalue weighted by Crippen LogP contribution is -2.51. The second-order valence-corrected chi connectivity index (χ2v) is 15.6. The lowest BCUT2D eigenvalue weighted by molar-refractivity contribution is -0.124. The number of imidazole rings is 1. The van der Waals surface area contributed by atoms with Crippen molar-refractivity contribution in [3.63, 3.8) is 0 Å². The number of rotatable bonds is 6. The molecule has 2 fully saturated rings. The number of carboxylic acids is 1. The Labute approximate surface area is 278 Å². The smallest absolute Gasteiger partial charge is 0.348 e. The number of ether oxygens (including phenoxy) is 1. The molecule has 244 valence electrons. The maximum absolute atomic E-state index is 14.3. The van der Waals surface area contributed by atoms with Crippen LogP contribution in [0.3, 0.4) is 0 Å². The topological polar surface area (TPSA) is 122 Å². The van der Waals surface area contributed by atoms with E-state index in [1.807, 2.05) is 53.1 Å². The molecule has 1 N–H and O–H groups in total. The predicted molar refractivity (Wildman–Crippen MR) is 181 cm³/mol. The number of nitrogens with zero attached hydrogens (tertiary/aromatic N) is 4. The fourth-order valence-corrected chi connectivity index (χ4v) is 8.87. The monoisotopic (exact) mass is 684 g/mol. The quantitative estimate of drug-likeness (QED) is 0.247. The van der Waals surface area contributed by atoms with E-state index in [0.29, 0.717) is 50.0 Å². The van der Waals surface area contributed by atoms with Crippen molar-refractivity contribution in [1.82, 2.24) is 13.9 Å². The van der Waals surface area contributed by atoms with Crippen molar-refractivity contribution >= 4 is 62.4 Å². The second-order valence-electron chi connectivity index (χ2n) is 12.5. The average molecular weight is 685 g/mol. The van der Waals surface area contributed by atoms with Crippen LogP contribution in [0.4, 0.5) is 5.69 Å². The Morgan fingerprint density at radius 3 is 2.43 bits per heavy atom. The van der Waals surface area contributed by atoms with Crippen LogP contribution in [-0.4, -0.2) is 64.6 Å². The van der Waals surface area contributed by atoms with Crippen molar-refractivity contribution < 1.29 is 27.9 Å². The van der Waals surface area contributed by atoms with Gasteiger partial charge in [0.1, 0.15) is 16.5 Å². The number of halogens is 1. The summed E-state index contributed by atoms with van der Waals surface area (Å²) < 4.78 is 34.1. The number of carboxylic acid groups (broad SMARTS) is 1. The van der Waals surface area contributed by atoms with Crippen LogP contribution in [-0.2, 0) is 21.5 Å². The molecular formula is C33H37ClN4O6S2. The first-order valence-electron chi connectivity index (χ1n) is 15.5. The Bertz CT molecular complexity index is 1910. The zero-order chi connectivity index (χ0) is 31.5. The van der Waals surface area contributed by atoms with E-state index in [1.165, 1.54) is 10.6 Å². The summed E-state index contributed by atoms with van der Waals surface area (Å²) in [7, 11) is -3.35. The van der Waals surface area contributed by atoms with Gasteiger partial charge in [0.15, 0.2) is 6.73 Å². The molecule has 13 heteroatoms. The number of para-hydroxylation sites is 2. The molecule has 1 aliphatic carbocycles. The first kappa shape index (κ1) is 32.5. The molecule has 10 nitrogen and oxygen atoms in total. The number of hydrogen-bond acceptors (Lipinski definition) is 7. The Balaban J connectivity index is 0.00000372. The summed E-state index contributed by atoms with van der Waals surface area (Å²) in [5.74, 6) is 0.716. The van der Waals surface area contributed by atoms with E-state index in [4.69, 9.17) is 9.72 Å². The van der Waals surface area contributed by atoms with Crippen molar-refractivity contribution in [2.45, 2.75) is 58.2 Å². The molecule has 46 heavy (non-hydrogen) atoms. The maximum atomic E-state index is 14.3. The molecule has 4 aromatic rings. The van der Waals surface area contributed by atoms with Gasteiger partial charge >= 0.3 is 5.97 Å². The van der Waals surface area contributed by atoms with Crippen LogP contribution in [0.25, 0.3) is 32.9 Å². The van der Waals surface area contributed by atoms with E-state index < -0.39 is 16.0 Å². The second kappa shape index (κ2) is 12.6. The average Bonchev–Trinajstić information content (AvgIpc) is 3.64. The van der Waals surface area contributed by atoms with Gasteiger partial charge in [-0.2, -0.15) is 0 Å². The fraction of sp³-hybridized carbons (Fsp3) is 0.424. The molecule has 0 unspecified atom stereocenters. The minimum absolute atomic E-state index is 0. The fourth-order valence-electron chi connectivity index (χ4n) is 7.01. The molecule has 0 bridgehead atoms. The number of carbonyl (C=O) groups is 2. The minimum atomic E-state index is -3.35. The molecule has 7 rings (SSSR count). The standard InChI is InChI=1S/C33H36N4O6S2.ClH/c1-20-7-9-21(10-8-20)32(38)37(23-13-15-35(16-14-23)45(2,41)42)27-18-29(44-30(27)33(39)40)22-11-12-24-28(17-22)43-19-36-26-6-4-3-5-25(26)34-31(24)36;/h3-6,11-12,17-18,20-21,23H,7-10,13-16,19H2,1-2H3,(H,39,40);1H. The van der Waals surface area contributed by atoms with Gasteiger partial charge in [-0.1, -0.05) is 25.1 Å². The van der Waals surface area contributed by atoms with Crippen molar-refractivity contribution in [1.29, 1.82) is 0 Å². The Hall–Kier alpha value is -3.45. The van der Waals surface area contributed by atoms with Crippen LogP contribution < -0.4 is 9.64 Å². The number of aromatic nitrogens is 2. The molecular weight excluding hydrogens is 648 g/mol. The van der Waals surface area contributed by atoms with Crippen molar-refractivity contribution in [2.75, 3.05) is 24.2 Å². The summed E-state index contributed by atoms with van der Waals surface area (Å²) >= 11 is 1.15. The summed E-state index contributed by atoms with van der Waals surface area (Å²) in [6.45, 7) is 3.10. The van der Waals surface area contributed by atoms with Crippen LogP contribution in [0, 0.1) is 11.8 Å². The third-order valence-electron chi connectivity index (χ3n) is 9.54. The number of amides is 1. The van der Waals surface area contributed by atoms with Crippen LogP contribution in [0.2, 0.25) is 0 Å². The maximum Gasteiger partial charge on any atom is 0.348 e. The Morgan fingerprint density at radius 2 is 1.74 bits per heavy atom. The van der Waals surface area contributed by atoms with E-state index in [1.54, 1.807) is 4.90 Å². The lowest BCUT2D eigenvalue weighted by atomic mass is 9.82. The SMILES string of the molecule is CC1CCC(C(=O)N(c2cc(-c3ccc4c(c3)OCn3c-4nc4ccccc43)sc2C(=O)O)C2CCN(S(C)(=O)=O)CC2)CC1.Cl. The third-order valence-corrected chi connectivity index (χ3v) is 12.0. The molecule has 1 amide bonds. The number of carbonyl (C=O) groups excluding carboxylic acids is 1. The van der Waals surface area contributed by atoms with Gasteiger partial charge in [0.2, 0.25) is 15.9 Å². The Kier molecular flexibility index (Phi) is 8.92. The highest BCUT2D eigenvalue weighted by atomic mass is 35.5. The molecule has 0 atom stereocenters. The van der Waals surface area contributed by atoms with E-state index >= 15 is 0 Å². The first-order valence-corrected chi connectivity index (χ1v) is 18.1. The summed E-state index contributed by atoms with van der Waals surface area (Å²) in [5, 5.41) is 10.4. The zero-order valence-electron chi connectivity index (χ0n) is 25.7. The molecule has 1 saturated carbocycles. The van der Waals surface area contributed by atoms with Gasteiger partial charge < -0.3 is 14.7 Å². The number of benzene rings is 2. The summed E-state index contributed by atoms with van der Waals surface area (Å²) in [5.41, 5.74) is 3.93. The van der Waals surface area contributed by atoms with Crippen molar-refractivity contribution in [3.05, 3.63) is 53.4 Å². The van der Waals surface area contributed by atoms with Gasteiger partial charge in [-0.3, -0.25) is 9.36 Å². The molecule has 2 aromatic heterocycles. The van der Waals surface area contributed by atoms with E-state index in [0.717, 1.165) is 69.9 Å². The Morgan fingerprint density at radius 1 is 1.02 bits per heavy atom. The van der Waals surface area contributed by atoms with E-state index in [2.05, 4.69) is 6.92 Å². The number of anilines is 1. The zero-order valence-corrected chi connectivity index (χ0v) is 28.2. The van der Waals surface area contributed by atoms with Crippen LogP contribution in [0.5, 0.6) is 5.75 Å². The van der Waals surface area contributed by atoms with Gasteiger partial charge in [-0.05, 0) is 80.3 Å². The number of sulfonamides is 1. The van der Waals surface area contributed by atoms with Crippen LogP contribution >= 0.6 is 23.7 Å². The normalized spacial score (nSPS) is 20.3. The summed E-state index contributed by atoms with van der Waals surface area (Å²) in [4.78, 5) is 34.3. The highest BCUT2D eigenvalue weighted by molar-refractivity contribution is 7.88. The summed E-state index contributed by atoms with van der Waals surface area (Å²) in [6.07, 6.45) is 5.54. The predicted octanol–water partition coefficient (Wildman–Crippen LogP) is 6.49. The summed E-state index contributed by atoms with van der Waals surface area (Å²) in [6, 6.07) is 15.3. The molecule has 0 radical (unpaired) electrons. The number of piperidine rings is 1. The minimum Gasteiger partial charge on any atom is -0.477 e. The van der Waals surface area contributed by atoms with Crippen molar-refractivity contribution in [3.8, 4) is 27.6 Å². The molecule has 1 saturated heterocycles. The molecule has 4 heterocycles. The van der Waals surface area contributed by atoms with Gasteiger partial charge in [0.05, 0.1) is 28.5 Å². The van der Waals surface area contributed by atoms with E-state index in [9.17, 15) is 23.1 Å². The molecule has 2 aromatic carbocycles. The largest absolute Gasteiger partial charge is 0.477 e. The van der Waals surface area contributed by atoms with E-state index in [-0.39, 0.29) is 35.2 Å².